The lowest BCUT2D eigenvalue weighted by Crippen LogP contribution is -1.98. The van der Waals surface area contributed by atoms with E-state index < -0.39 is 0 Å². The van der Waals surface area contributed by atoms with Crippen LogP contribution >= 0.6 is 0 Å². The molecular formula is C28H20N2O2. The van der Waals surface area contributed by atoms with Crippen LogP contribution in [0.3, 0.4) is 0 Å². The third kappa shape index (κ3) is 3.98. The fourth-order valence-corrected chi connectivity index (χ4v) is 3.83. The minimum absolute atomic E-state index is 0.386. The monoisotopic (exact) mass is 416 g/mol. The molecule has 154 valence electrons. The third-order valence-corrected chi connectivity index (χ3v) is 5.40. The van der Waals surface area contributed by atoms with Gasteiger partial charge in [0.25, 0.3) is 0 Å². The number of nitrogens with zero attached hydrogens (tertiary/aromatic N) is 2. The van der Waals surface area contributed by atoms with Crippen molar-refractivity contribution < 1.29 is 9.53 Å². The van der Waals surface area contributed by atoms with Crippen molar-refractivity contribution in [3.05, 3.63) is 115 Å². The summed E-state index contributed by atoms with van der Waals surface area (Å²) in [5.74, 6) is 0.748. The smallest absolute Gasteiger partial charge is 0.150 e. The van der Waals surface area contributed by atoms with Gasteiger partial charge < -0.3 is 4.74 Å². The van der Waals surface area contributed by atoms with E-state index in [1.807, 2.05) is 84.9 Å². The molecule has 5 rings (SSSR count). The minimum Gasteiger partial charge on any atom is -0.487 e. The fraction of sp³-hybridized carbons (Fsp3) is 0.0357. The number of para-hydroxylation sites is 1. The van der Waals surface area contributed by atoms with Crippen molar-refractivity contribution in [1.82, 2.24) is 9.97 Å². The van der Waals surface area contributed by atoms with Crippen LogP contribution in [-0.2, 0) is 6.61 Å². The maximum Gasteiger partial charge on any atom is 0.150 e. The second-order valence-electron chi connectivity index (χ2n) is 7.43. The van der Waals surface area contributed by atoms with E-state index in [0.717, 1.165) is 50.9 Å². The van der Waals surface area contributed by atoms with E-state index >= 15 is 0 Å². The highest BCUT2D eigenvalue weighted by Gasteiger charge is 2.12. The van der Waals surface area contributed by atoms with Gasteiger partial charge in [0.05, 0.1) is 11.2 Å². The van der Waals surface area contributed by atoms with E-state index in [9.17, 15) is 4.79 Å². The fourth-order valence-electron chi connectivity index (χ4n) is 3.83. The Morgan fingerprint density at radius 1 is 0.750 bits per heavy atom. The molecule has 0 spiro atoms. The van der Waals surface area contributed by atoms with E-state index in [0.29, 0.717) is 12.2 Å². The Kier molecular flexibility index (Phi) is 5.41. The van der Waals surface area contributed by atoms with Gasteiger partial charge in [-0.05, 0) is 58.7 Å². The summed E-state index contributed by atoms with van der Waals surface area (Å²) in [4.78, 5) is 20.5. The van der Waals surface area contributed by atoms with E-state index in [-0.39, 0.29) is 0 Å². The van der Waals surface area contributed by atoms with Crippen LogP contribution < -0.4 is 4.74 Å². The van der Waals surface area contributed by atoms with Crippen LogP contribution in [-0.4, -0.2) is 16.3 Å². The average molecular weight is 416 g/mol. The van der Waals surface area contributed by atoms with Crippen LogP contribution in [0, 0.1) is 0 Å². The average Bonchev–Trinajstić information content (AvgIpc) is 2.87. The molecule has 5 aromatic rings. The number of aromatic nitrogens is 2. The molecule has 4 nitrogen and oxygen atoms in total. The Bertz CT molecular complexity index is 1380. The molecule has 0 saturated heterocycles. The molecule has 0 aliphatic carbocycles. The van der Waals surface area contributed by atoms with Crippen molar-refractivity contribution in [3.8, 4) is 28.0 Å². The van der Waals surface area contributed by atoms with Gasteiger partial charge in [-0.15, -0.1) is 0 Å². The molecule has 3 aromatic carbocycles. The summed E-state index contributed by atoms with van der Waals surface area (Å²) >= 11 is 0. The van der Waals surface area contributed by atoms with Gasteiger partial charge in [0.1, 0.15) is 12.4 Å². The summed E-state index contributed by atoms with van der Waals surface area (Å²) in [5.41, 5.74) is 6.34. The number of pyridine rings is 2. The molecule has 0 unspecified atom stereocenters. The van der Waals surface area contributed by atoms with Crippen molar-refractivity contribution in [2.45, 2.75) is 6.61 Å². The number of rotatable bonds is 6. The summed E-state index contributed by atoms with van der Waals surface area (Å²) < 4.78 is 5.96. The summed E-state index contributed by atoms with van der Waals surface area (Å²) in [6.45, 7) is 0.386. The number of ether oxygens (including phenoxy) is 1. The quantitative estimate of drug-likeness (QED) is 0.302. The highest BCUT2D eigenvalue weighted by atomic mass is 16.5. The van der Waals surface area contributed by atoms with E-state index in [1.165, 1.54) is 0 Å². The minimum atomic E-state index is 0.386. The lowest BCUT2D eigenvalue weighted by atomic mass is 9.91. The number of aldehydes is 1. The van der Waals surface area contributed by atoms with Gasteiger partial charge in [-0.1, -0.05) is 54.6 Å². The van der Waals surface area contributed by atoms with Gasteiger partial charge in [0.2, 0.25) is 0 Å². The lowest BCUT2D eigenvalue weighted by Gasteiger charge is -2.13. The van der Waals surface area contributed by atoms with Crippen molar-refractivity contribution in [2.24, 2.45) is 0 Å². The van der Waals surface area contributed by atoms with Crippen LogP contribution in [0.4, 0.5) is 0 Å². The number of carbonyl (C=O) groups excluding carboxylic acids is 1. The summed E-state index contributed by atoms with van der Waals surface area (Å²) in [6, 6.07) is 29.5. The van der Waals surface area contributed by atoms with E-state index in [2.05, 4.69) is 16.0 Å². The topological polar surface area (TPSA) is 52.1 Å². The van der Waals surface area contributed by atoms with Crippen LogP contribution in [0.1, 0.15) is 16.1 Å². The molecule has 0 amide bonds. The molecule has 0 saturated carbocycles. The van der Waals surface area contributed by atoms with Crippen molar-refractivity contribution >= 4 is 17.2 Å². The molecule has 0 aliphatic rings. The zero-order chi connectivity index (χ0) is 21.8. The van der Waals surface area contributed by atoms with Crippen LogP contribution in [0.5, 0.6) is 5.75 Å². The molecule has 0 bridgehead atoms. The molecule has 2 heterocycles. The van der Waals surface area contributed by atoms with E-state index in [1.54, 1.807) is 12.4 Å². The highest BCUT2D eigenvalue weighted by Crippen LogP contribution is 2.35. The molecular weight excluding hydrogens is 396 g/mol. The lowest BCUT2D eigenvalue weighted by molar-refractivity contribution is 0.112. The predicted molar refractivity (Wildman–Crippen MR) is 127 cm³/mol. The first-order valence-electron chi connectivity index (χ1n) is 10.4. The maximum atomic E-state index is 11.8. The van der Waals surface area contributed by atoms with Gasteiger partial charge >= 0.3 is 0 Å². The first-order valence-corrected chi connectivity index (χ1v) is 10.4. The Morgan fingerprint density at radius 3 is 2.38 bits per heavy atom. The molecule has 0 fully saturated rings. The summed E-state index contributed by atoms with van der Waals surface area (Å²) in [7, 11) is 0. The number of hydrogen-bond donors (Lipinski definition) is 0. The number of benzene rings is 3. The zero-order valence-electron chi connectivity index (χ0n) is 17.3. The second kappa shape index (κ2) is 8.82. The van der Waals surface area contributed by atoms with Crippen molar-refractivity contribution in [1.29, 1.82) is 0 Å². The van der Waals surface area contributed by atoms with Crippen LogP contribution in [0.15, 0.2) is 103 Å². The molecule has 32 heavy (non-hydrogen) atoms. The number of fused-ring (bicyclic) bond motifs is 1. The standard InChI is InChI=1S/C28H20N2O2/c31-18-23-5-3-6-26(20-14-16-29-17-15-20)28(23)22-9-12-25(13-10-22)32-19-24-11-8-21-4-1-2-7-27(21)30-24/h1-18H,19H2. The van der Waals surface area contributed by atoms with Crippen LogP contribution in [0.25, 0.3) is 33.2 Å². The predicted octanol–water partition coefficient (Wildman–Crippen LogP) is 6.36. The van der Waals surface area contributed by atoms with Gasteiger partial charge in [-0.2, -0.15) is 0 Å². The summed E-state index contributed by atoms with van der Waals surface area (Å²) in [5, 5.41) is 1.11. The second-order valence-corrected chi connectivity index (χ2v) is 7.43. The Labute approximate surface area is 186 Å². The maximum absolute atomic E-state index is 11.8. The molecule has 0 aliphatic heterocycles. The van der Waals surface area contributed by atoms with Crippen molar-refractivity contribution in [2.75, 3.05) is 0 Å². The van der Waals surface area contributed by atoms with E-state index in [4.69, 9.17) is 4.74 Å². The molecule has 0 radical (unpaired) electrons. The molecule has 0 N–H and O–H groups in total. The van der Waals surface area contributed by atoms with Crippen LogP contribution in [0.2, 0.25) is 0 Å². The summed E-state index contributed by atoms with van der Waals surface area (Å²) in [6.07, 6.45) is 4.41. The van der Waals surface area contributed by atoms with Crippen molar-refractivity contribution in [3.63, 3.8) is 0 Å². The normalized spacial score (nSPS) is 10.8. The largest absolute Gasteiger partial charge is 0.487 e. The zero-order valence-corrected chi connectivity index (χ0v) is 17.3. The first-order chi connectivity index (χ1) is 15.8. The number of carbonyl (C=O) groups is 1. The molecule has 2 aromatic heterocycles. The van der Waals surface area contributed by atoms with Gasteiger partial charge in [-0.25, -0.2) is 4.98 Å². The van der Waals surface area contributed by atoms with Gasteiger partial charge in [0.15, 0.2) is 6.29 Å². The first kappa shape index (κ1) is 19.6. The highest BCUT2D eigenvalue weighted by molar-refractivity contribution is 5.95. The van der Waals surface area contributed by atoms with Gasteiger partial charge in [0, 0.05) is 23.3 Å². The molecule has 0 atom stereocenters. The SMILES string of the molecule is O=Cc1cccc(-c2ccncc2)c1-c1ccc(OCc2ccc3ccccc3n2)cc1. The Hall–Kier alpha value is -4.31. The van der Waals surface area contributed by atoms with Gasteiger partial charge in [-0.3, -0.25) is 9.78 Å². The molecule has 4 heteroatoms. The number of hydrogen-bond acceptors (Lipinski definition) is 4. The third-order valence-electron chi connectivity index (χ3n) is 5.40. The Morgan fingerprint density at radius 2 is 1.56 bits per heavy atom. The Balaban J connectivity index is 1.40.